The van der Waals surface area contributed by atoms with E-state index in [0.717, 1.165) is 54.3 Å². The highest BCUT2D eigenvalue weighted by Gasteiger charge is 2.19. The normalized spacial score (nSPS) is 14.5. The maximum atomic E-state index is 4.76. The Bertz CT molecular complexity index is 1020. The highest BCUT2D eigenvalue weighted by molar-refractivity contribution is 5.53. The van der Waals surface area contributed by atoms with E-state index in [2.05, 4.69) is 32.1 Å². The molecule has 5 heterocycles. The van der Waals surface area contributed by atoms with Gasteiger partial charge in [-0.25, -0.2) is 14.5 Å². The third-order valence-electron chi connectivity index (χ3n) is 4.74. The Morgan fingerprint density at radius 1 is 1.08 bits per heavy atom. The number of fused-ring (bicyclic) bond motifs is 2. The molecule has 0 radical (unpaired) electrons. The molecule has 0 bridgehead atoms. The highest BCUT2D eigenvalue weighted by Crippen LogP contribution is 2.21. The molecule has 4 aromatic rings. The molecule has 0 amide bonds. The van der Waals surface area contributed by atoms with Gasteiger partial charge in [-0.15, -0.1) is 0 Å². The Balaban J connectivity index is 1.35. The van der Waals surface area contributed by atoms with E-state index >= 15 is 0 Å². The van der Waals surface area contributed by atoms with E-state index in [0.29, 0.717) is 0 Å². The first-order chi connectivity index (χ1) is 12.8. The summed E-state index contributed by atoms with van der Waals surface area (Å²) in [5.74, 6) is 0.755. The molecule has 6 heteroatoms. The van der Waals surface area contributed by atoms with Crippen LogP contribution in [0.5, 0.6) is 0 Å². The predicted molar refractivity (Wildman–Crippen MR) is 98.3 cm³/mol. The van der Waals surface area contributed by atoms with Crippen molar-refractivity contribution in [1.82, 2.24) is 29.5 Å². The minimum Gasteiger partial charge on any atom is -0.293 e. The van der Waals surface area contributed by atoms with Gasteiger partial charge in [-0.1, -0.05) is 6.07 Å². The largest absolute Gasteiger partial charge is 0.293 e. The van der Waals surface area contributed by atoms with Gasteiger partial charge in [0, 0.05) is 62.0 Å². The Labute approximate surface area is 151 Å². The van der Waals surface area contributed by atoms with E-state index in [1.807, 2.05) is 41.2 Å². The zero-order valence-corrected chi connectivity index (χ0v) is 14.3. The smallest absolute Gasteiger partial charge is 0.160 e. The minimum atomic E-state index is 0.755. The summed E-state index contributed by atoms with van der Waals surface area (Å²) in [5, 5.41) is 4.65. The Kier molecular flexibility index (Phi) is 3.68. The molecular weight excluding hydrogens is 324 g/mol. The summed E-state index contributed by atoms with van der Waals surface area (Å²) >= 11 is 0. The molecule has 0 aromatic carbocycles. The molecule has 0 saturated carbocycles. The number of nitrogens with zero attached hydrogens (tertiary/aromatic N) is 6. The van der Waals surface area contributed by atoms with Crippen LogP contribution in [0.4, 0.5) is 0 Å². The summed E-state index contributed by atoms with van der Waals surface area (Å²) in [6, 6.07) is 12.2. The van der Waals surface area contributed by atoms with Gasteiger partial charge in [0.05, 0.1) is 16.9 Å². The Morgan fingerprint density at radius 3 is 2.96 bits per heavy atom. The molecule has 0 atom stereocenters. The van der Waals surface area contributed by atoms with Crippen LogP contribution in [0.15, 0.2) is 61.2 Å². The van der Waals surface area contributed by atoms with Gasteiger partial charge in [0.25, 0.3) is 0 Å². The highest BCUT2D eigenvalue weighted by atomic mass is 15.2. The number of pyridine rings is 2. The first kappa shape index (κ1) is 15.2. The quantitative estimate of drug-likeness (QED) is 0.573. The summed E-state index contributed by atoms with van der Waals surface area (Å²) in [5.41, 5.74) is 5.53. The van der Waals surface area contributed by atoms with Gasteiger partial charge in [0.15, 0.2) is 5.82 Å². The van der Waals surface area contributed by atoms with Crippen molar-refractivity contribution in [2.24, 2.45) is 0 Å². The van der Waals surface area contributed by atoms with E-state index in [4.69, 9.17) is 4.98 Å². The summed E-state index contributed by atoms with van der Waals surface area (Å²) in [6.45, 7) is 2.67. The van der Waals surface area contributed by atoms with E-state index < -0.39 is 0 Å². The molecule has 128 valence electrons. The van der Waals surface area contributed by atoms with E-state index in [1.54, 1.807) is 12.4 Å². The predicted octanol–water partition coefficient (Wildman–Crippen LogP) is 2.74. The fourth-order valence-electron chi connectivity index (χ4n) is 3.44. The van der Waals surface area contributed by atoms with E-state index in [1.165, 1.54) is 5.56 Å². The zero-order chi connectivity index (χ0) is 17.3. The SMILES string of the molecule is c1cncc(-c2ncc3c(n2)CCN(Cc2cc4ccccn4n2)C3)c1. The average Bonchev–Trinajstić information content (AvgIpc) is 3.10. The lowest BCUT2D eigenvalue weighted by atomic mass is 10.1. The standard InChI is InChI=1S/C20H18N6/c1-2-8-26-18(5-1)10-17(24-26)14-25-9-6-19-16(13-25)12-22-20(23-19)15-4-3-7-21-11-15/h1-5,7-8,10-12H,6,9,13-14H2. The van der Waals surface area contributed by atoms with Crippen LogP contribution in [0.2, 0.25) is 0 Å². The summed E-state index contributed by atoms with van der Waals surface area (Å²) in [7, 11) is 0. The molecule has 1 aliphatic heterocycles. The maximum Gasteiger partial charge on any atom is 0.160 e. The van der Waals surface area contributed by atoms with Crippen LogP contribution in [0.25, 0.3) is 16.9 Å². The molecule has 6 nitrogen and oxygen atoms in total. The van der Waals surface area contributed by atoms with Gasteiger partial charge in [0.1, 0.15) is 0 Å². The Hall–Kier alpha value is -3.12. The summed E-state index contributed by atoms with van der Waals surface area (Å²) in [4.78, 5) is 15.9. The van der Waals surface area contributed by atoms with Crippen molar-refractivity contribution in [3.63, 3.8) is 0 Å². The van der Waals surface area contributed by atoms with Gasteiger partial charge in [0.2, 0.25) is 0 Å². The summed E-state index contributed by atoms with van der Waals surface area (Å²) in [6.07, 6.45) is 8.44. The second kappa shape index (κ2) is 6.31. The molecular formula is C20H18N6. The van der Waals surface area contributed by atoms with Crippen molar-refractivity contribution in [3.8, 4) is 11.4 Å². The van der Waals surface area contributed by atoms with Gasteiger partial charge >= 0.3 is 0 Å². The molecule has 26 heavy (non-hydrogen) atoms. The fourth-order valence-corrected chi connectivity index (χ4v) is 3.44. The molecule has 0 spiro atoms. The molecule has 0 aliphatic carbocycles. The van der Waals surface area contributed by atoms with Crippen LogP contribution in [0.3, 0.4) is 0 Å². The molecule has 0 fully saturated rings. The molecule has 4 aromatic heterocycles. The maximum absolute atomic E-state index is 4.76. The van der Waals surface area contributed by atoms with Gasteiger partial charge in [-0.3, -0.25) is 9.88 Å². The van der Waals surface area contributed by atoms with Crippen molar-refractivity contribution < 1.29 is 0 Å². The number of rotatable bonds is 3. The topological polar surface area (TPSA) is 59.2 Å². The fraction of sp³-hybridized carbons (Fsp3) is 0.200. The van der Waals surface area contributed by atoms with Crippen molar-refractivity contribution in [2.45, 2.75) is 19.5 Å². The van der Waals surface area contributed by atoms with Crippen molar-refractivity contribution in [2.75, 3.05) is 6.54 Å². The molecule has 0 saturated heterocycles. The lowest BCUT2D eigenvalue weighted by Gasteiger charge is -2.27. The zero-order valence-electron chi connectivity index (χ0n) is 14.3. The van der Waals surface area contributed by atoms with Crippen LogP contribution in [-0.2, 0) is 19.5 Å². The molecule has 5 rings (SSSR count). The molecule has 0 N–H and O–H groups in total. The Morgan fingerprint density at radius 2 is 2.08 bits per heavy atom. The van der Waals surface area contributed by atoms with Crippen LogP contribution < -0.4 is 0 Å². The molecule has 0 unspecified atom stereocenters. The van der Waals surface area contributed by atoms with Crippen molar-refractivity contribution in [3.05, 3.63) is 78.1 Å². The number of hydrogen-bond donors (Lipinski definition) is 0. The monoisotopic (exact) mass is 342 g/mol. The third-order valence-corrected chi connectivity index (χ3v) is 4.74. The first-order valence-corrected chi connectivity index (χ1v) is 8.76. The number of aromatic nitrogens is 5. The second-order valence-corrected chi connectivity index (χ2v) is 6.57. The van der Waals surface area contributed by atoms with Gasteiger partial charge < -0.3 is 0 Å². The van der Waals surface area contributed by atoms with Gasteiger partial charge in [-0.05, 0) is 30.3 Å². The van der Waals surface area contributed by atoms with E-state index in [-0.39, 0.29) is 0 Å². The summed E-state index contributed by atoms with van der Waals surface area (Å²) < 4.78 is 1.93. The molecule has 1 aliphatic rings. The van der Waals surface area contributed by atoms with Crippen molar-refractivity contribution >= 4 is 5.52 Å². The van der Waals surface area contributed by atoms with Crippen LogP contribution in [-0.4, -0.2) is 36.0 Å². The second-order valence-electron chi connectivity index (χ2n) is 6.57. The lowest BCUT2D eigenvalue weighted by Crippen LogP contribution is -2.31. The van der Waals surface area contributed by atoms with E-state index in [9.17, 15) is 0 Å². The van der Waals surface area contributed by atoms with Crippen LogP contribution in [0, 0.1) is 0 Å². The minimum absolute atomic E-state index is 0.755. The van der Waals surface area contributed by atoms with Gasteiger partial charge in [-0.2, -0.15) is 5.10 Å². The van der Waals surface area contributed by atoms with Crippen LogP contribution in [0.1, 0.15) is 17.0 Å². The third kappa shape index (κ3) is 2.84. The average molecular weight is 342 g/mol. The first-order valence-electron chi connectivity index (χ1n) is 8.76. The van der Waals surface area contributed by atoms with Crippen molar-refractivity contribution in [1.29, 1.82) is 0 Å². The number of hydrogen-bond acceptors (Lipinski definition) is 5. The van der Waals surface area contributed by atoms with Crippen LogP contribution >= 0.6 is 0 Å². The lowest BCUT2D eigenvalue weighted by molar-refractivity contribution is 0.240.